The van der Waals surface area contributed by atoms with Crippen LogP contribution in [0.5, 0.6) is 0 Å². The van der Waals surface area contributed by atoms with E-state index in [0.29, 0.717) is 23.2 Å². The van der Waals surface area contributed by atoms with Gasteiger partial charge in [-0.15, -0.1) is 0 Å². The van der Waals surface area contributed by atoms with E-state index in [-0.39, 0.29) is 5.69 Å². The summed E-state index contributed by atoms with van der Waals surface area (Å²) >= 11 is 7.78. The molecule has 0 aliphatic rings. The van der Waals surface area contributed by atoms with Crippen molar-refractivity contribution in [1.29, 1.82) is 0 Å². The van der Waals surface area contributed by atoms with Gasteiger partial charge < -0.3 is 5.32 Å². The van der Waals surface area contributed by atoms with Gasteiger partial charge in [0.2, 0.25) is 0 Å². The Kier molecular flexibility index (Phi) is 6.46. The van der Waals surface area contributed by atoms with Crippen LogP contribution in [0.4, 0.5) is 5.69 Å². The molecule has 0 bridgehead atoms. The number of nitro benzene ring substituents is 1. The van der Waals surface area contributed by atoms with E-state index in [1.165, 1.54) is 6.07 Å². The Morgan fingerprint density at radius 3 is 2.83 bits per heavy atom. The highest BCUT2D eigenvalue weighted by Crippen LogP contribution is 2.26. The first kappa shape index (κ1) is 15.3. The van der Waals surface area contributed by atoms with Crippen molar-refractivity contribution in [2.24, 2.45) is 0 Å². The molecule has 1 rings (SSSR count). The fourth-order valence-corrected chi connectivity index (χ4v) is 2.65. The number of thioether (sulfide) groups is 1. The zero-order chi connectivity index (χ0) is 13.5. The first-order valence-electron chi connectivity index (χ1n) is 5.74. The molecule has 0 radical (unpaired) electrons. The second-order valence-corrected chi connectivity index (χ2v) is 5.25. The molecule has 4 nitrogen and oxygen atoms in total. The fourth-order valence-electron chi connectivity index (χ4n) is 1.66. The summed E-state index contributed by atoms with van der Waals surface area (Å²) in [4.78, 5) is 10.5. The van der Waals surface area contributed by atoms with Crippen molar-refractivity contribution in [3.05, 3.63) is 38.9 Å². The summed E-state index contributed by atoms with van der Waals surface area (Å²) in [6, 6.07) is 5.11. The van der Waals surface area contributed by atoms with E-state index in [0.717, 1.165) is 12.2 Å². The van der Waals surface area contributed by atoms with Crippen molar-refractivity contribution >= 4 is 29.1 Å². The van der Waals surface area contributed by atoms with E-state index in [9.17, 15) is 10.1 Å². The number of nitro groups is 1. The third kappa shape index (κ3) is 4.15. The Bertz CT molecular complexity index is 415. The first-order valence-corrected chi connectivity index (χ1v) is 7.51. The second-order valence-electron chi connectivity index (χ2n) is 3.94. The highest BCUT2D eigenvalue weighted by Gasteiger charge is 2.17. The molecule has 0 heterocycles. The standard InChI is InChI=1S/C12H17ClN2O2S/c1-3-9(8-18-2)14-7-10-11(13)5-4-6-12(10)15(16)17/h4-6,9,14H,3,7-8H2,1-2H3. The van der Waals surface area contributed by atoms with Crippen molar-refractivity contribution in [2.75, 3.05) is 12.0 Å². The summed E-state index contributed by atoms with van der Waals surface area (Å²) in [6.07, 6.45) is 3.03. The number of benzene rings is 1. The van der Waals surface area contributed by atoms with Crippen molar-refractivity contribution < 1.29 is 4.92 Å². The monoisotopic (exact) mass is 288 g/mol. The van der Waals surface area contributed by atoms with Crippen LogP contribution >= 0.6 is 23.4 Å². The summed E-state index contributed by atoms with van der Waals surface area (Å²) in [7, 11) is 0. The Morgan fingerprint density at radius 1 is 1.56 bits per heavy atom. The van der Waals surface area contributed by atoms with Crippen LogP contribution in [0.2, 0.25) is 5.02 Å². The normalized spacial score (nSPS) is 12.4. The Balaban J connectivity index is 2.80. The molecule has 100 valence electrons. The molecule has 0 spiro atoms. The quantitative estimate of drug-likeness (QED) is 0.616. The average molecular weight is 289 g/mol. The maximum absolute atomic E-state index is 10.9. The minimum Gasteiger partial charge on any atom is -0.309 e. The van der Waals surface area contributed by atoms with Gasteiger partial charge in [-0.25, -0.2) is 0 Å². The van der Waals surface area contributed by atoms with E-state index in [2.05, 4.69) is 12.2 Å². The van der Waals surface area contributed by atoms with Gasteiger partial charge in [0.25, 0.3) is 5.69 Å². The Hall–Kier alpha value is -0.780. The first-order chi connectivity index (χ1) is 8.60. The van der Waals surface area contributed by atoms with E-state index < -0.39 is 4.92 Å². The maximum Gasteiger partial charge on any atom is 0.275 e. The van der Waals surface area contributed by atoms with Crippen LogP contribution in [-0.2, 0) is 6.54 Å². The van der Waals surface area contributed by atoms with Crippen LogP contribution in [0.15, 0.2) is 18.2 Å². The van der Waals surface area contributed by atoms with Gasteiger partial charge in [-0.3, -0.25) is 10.1 Å². The second kappa shape index (κ2) is 7.61. The predicted molar refractivity (Wildman–Crippen MR) is 77.4 cm³/mol. The third-order valence-corrected chi connectivity index (χ3v) is 3.81. The number of hydrogen-bond acceptors (Lipinski definition) is 4. The molecule has 0 aromatic heterocycles. The third-order valence-electron chi connectivity index (χ3n) is 2.72. The maximum atomic E-state index is 10.9. The minimum atomic E-state index is -0.390. The van der Waals surface area contributed by atoms with Crippen molar-refractivity contribution in [2.45, 2.75) is 25.9 Å². The lowest BCUT2D eigenvalue weighted by Crippen LogP contribution is -2.30. The van der Waals surface area contributed by atoms with Crippen LogP contribution in [0.25, 0.3) is 0 Å². The van der Waals surface area contributed by atoms with E-state index >= 15 is 0 Å². The van der Waals surface area contributed by atoms with E-state index in [1.54, 1.807) is 23.9 Å². The van der Waals surface area contributed by atoms with Crippen molar-refractivity contribution in [3.8, 4) is 0 Å². The smallest absolute Gasteiger partial charge is 0.275 e. The number of nitrogens with zero attached hydrogens (tertiary/aromatic N) is 1. The Morgan fingerprint density at radius 2 is 2.28 bits per heavy atom. The summed E-state index contributed by atoms with van der Waals surface area (Å²) in [5.41, 5.74) is 0.637. The van der Waals surface area contributed by atoms with Crippen LogP contribution in [0.3, 0.4) is 0 Å². The topological polar surface area (TPSA) is 55.2 Å². The van der Waals surface area contributed by atoms with Gasteiger partial charge in [0.15, 0.2) is 0 Å². The lowest BCUT2D eigenvalue weighted by molar-refractivity contribution is -0.385. The summed E-state index contributed by atoms with van der Waals surface area (Å²) in [6.45, 7) is 2.52. The molecule has 0 saturated carbocycles. The zero-order valence-electron chi connectivity index (χ0n) is 10.5. The largest absolute Gasteiger partial charge is 0.309 e. The molecule has 0 aliphatic carbocycles. The molecule has 6 heteroatoms. The van der Waals surface area contributed by atoms with Crippen LogP contribution in [0.1, 0.15) is 18.9 Å². The average Bonchev–Trinajstić information content (AvgIpc) is 2.35. The molecule has 1 N–H and O–H groups in total. The molecular formula is C12H17ClN2O2S. The van der Waals surface area contributed by atoms with E-state index in [1.807, 2.05) is 6.26 Å². The molecule has 0 saturated heterocycles. The van der Waals surface area contributed by atoms with Gasteiger partial charge in [0.1, 0.15) is 0 Å². The Labute approximate surface area is 116 Å². The lowest BCUT2D eigenvalue weighted by atomic mass is 10.1. The molecule has 1 aromatic carbocycles. The number of nitrogens with one attached hydrogen (secondary N) is 1. The fraction of sp³-hybridized carbons (Fsp3) is 0.500. The van der Waals surface area contributed by atoms with Crippen LogP contribution in [0, 0.1) is 10.1 Å². The van der Waals surface area contributed by atoms with Gasteiger partial charge in [-0.1, -0.05) is 24.6 Å². The zero-order valence-corrected chi connectivity index (χ0v) is 12.1. The van der Waals surface area contributed by atoms with Gasteiger partial charge in [0, 0.05) is 24.4 Å². The molecule has 18 heavy (non-hydrogen) atoms. The highest BCUT2D eigenvalue weighted by molar-refractivity contribution is 7.98. The molecular weight excluding hydrogens is 272 g/mol. The number of rotatable bonds is 7. The highest BCUT2D eigenvalue weighted by atomic mass is 35.5. The molecule has 0 fully saturated rings. The summed E-state index contributed by atoms with van der Waals surface area (Å²) < 4.78 is 0. The molecule has 1 aromatic rings. The van der Waals surface area contributed by atoms with Crippen LogP contribution < -0.4 is 5.32 Å². The SMILES string of the molecule is CCC(CSC)NCc1c(Cl)cccc1[N+](=O)[O-]. The molecule has 1 unspecified atom stereocenters. The van der Waals surface area contributed by atoms with E-state index in [4.69, 9.17) is 11.6 Å². The summed E-state index contributed by atoms with van der Waals surface area (Å²) in [5.74, 6) is 0.981. The molecule has 1 atom stereocenters. The van der Waals surface area contributed by atoms with Crippen molar-refractivity contribution in [1.82, 2.24) is 5.32 Å². The number of hydrogen-bond donors (Lipinski definition) is 1. The molecule has 0 amide bonds. The summed E-state index contributed by atoms with van der Waals surface area (Å²) in [5, 5.41) is 14.7. The molecule has 0 aliphatic heterocycles. The van der Waals surface area contributed by atoms with Crippen molar-refractivity contribution in [3.63, 3.8) is 0 Å². The van der Waals surface area contributed by atoms with Gasteiger partial charge in [0.05, 0.1) is 15.5 Å². The predicted octanol–water partition coefficient (Wildman–Crippen LogP) is 3.48. The lowest BCUT2D eigenvalue weighted by Gasteiger charge is -2.16. The van der Waals surface area contributed by atoms with Crippen LogP contribution in [-0.4, -0.2) is 23.0 Å². The minimum absolute atomic E-state index is 0.0778. The number of halogens is 1. The van der Waals surface area contributed by atoms with Gasteiger partial charge >= 0.3 is 0 Å². The van der Waals surface area contributed by atoms with Gasteiger partial charge in [-0.05, 0) is 18.7 Å². The van der Waals surface area contributed by atoms with Gasteiger partial charge in [-0.2, -0.15) is 11.8 Å².